The molecule has 0 bridgehead atoms. The van der Waals surface area contributed by atoms with Crippen molar-refractivity contribution in [2.24, 2.45) is 5.73 Å². The Kier molecular flexibility index (Phi) is 6.55. The summed E-state index contributed by atoms with van der Waals surface area (Å²) >= 11 is 0. The highest BCUT2D eigenvalue weighted by Crippen LogP contribution is 2.14. The van der Waals surface area contributed by atoms with Gasteiger partial charge in [0.2, 0.25) is 10.0 Å². The van der Waals surface area contributed by atoms with E-state index in [1.165, 1.54) is 0 Å². The van der Waals surface area contributed by atoms with E-state index in [0.717, 1.165) is 32.4 Å². The van der Waals surface area contributed by atoms with Crippen molar-refractivity contribution >= 4 is 10.0 Å². The van der Waals surface area contributed by atoms with Crippen LogP contribution in [-0.4, -0.2) is 62.1 Å². The van der Waals surface area contributed by atoms with Gasteiger partial charge in [0.05, 0.1) is 5.75 Å². The molecule has 5 nitrogen and oxygen atoms in total. The summed E-state index contributed by atoms with van der Waals surface area (Å²) in [4.78, 5) is 2.40. The Morgan fingerprint density at radius 3 is 2.44 bits per heavy atom. The molecule has 1 aliphatic rings. The van der Waals surface area contributed by atoms with Crippen LogP contribution in [0.1, 0.15) is 33.1 Å². The molecule has 1 fully saturated rings. The normalized spacial score (nSPS) is 21.7. The highest BCUT2D eigenvalue weighted by molar-refractivity contribution is 7.89. The first-order valence-electron chi connectivity index (χ1n) is 6.97. The number of hydrogen-bond donors (Lipinski definition) is 1. The molecule has 1 aliphatic heterocycles. The highest BCUT2D eigenvalue weighted by Gasteiger charge is 2.25. The summed E-state index contributed by atoms with van der Waals surface area (Å²) in [7, 11) is -3.03. The molecule has 18 heavy (non-hydrogen) atoms. The first-order chi connectivity index (χ1) is 8.55. The summed E-state index contributed by atoms with van der Waals surface area (Å²) in [6.07, 6.45) is 3.00. The molecule has 1 saturated heterocycles. The third kappa shape index (κ3) is 4.19. The van der Waals surface area contributed by atoms with E-state index in [2.05, 4.69) is 11.8 Å². The molecule has 0 aliphatic carbocycles. The molecule has 0 saturated carbocycles. The van der Waals surface area contributed by atoms with Crippen LogP contribution in [0.4, 0.5) is 0 Å². The number of nitrogens with two attached hydrogens (primary N) is 1. The van der Waals surface area contributed by atoms with Crippen molar-refractivity contribution in [3.63, 3.8) is 0 Å². The van der Waals surface area contributed by atoms with Crippen LogP contribution in [0.5, 0.6) is 0 Å². The standard InChI is InChI=1S/C12H27N3O2S/c1-3-12(6-7-13)14-8-5-9-15(11-10-14)18(16,17)4-2/h12H,3-11,13H2,1-2H3. The van der Waals surface area contributed by atoms with Gasteiger partial charge >= 0.3 is 0 Å². The summed E-state index contributed by atoms with van der Waals surface area (Å²) in [6.45, 7) is 7.67. The second-order valence-corrected chi connectivity index (χ2v) is 7.09. The van der Waals surface area contributed by atoms with Crippen LogP contribution < -0.4 is 5.73 Å². The minimum absolute atomic E-state index is 0.201. The Balaban J connectivity index is 2.60. The molecule has 1 atom stereocenters. The Morgan fingerprint density at radius 2 is 1.89 bits per heavy atom. The van der Waals surface area contributed by atoms with Crippen LogP contribution in [0, 0.1) is 0 Å². The van der Waals surface area contributed by atoms with E-state index in [1.54, 1.807) is 11.2 Å². The third-order valence-electron chi connectivity index (χ3n) is 3.74. The van der Waals surface area contributed by atoms with Crippen molar-refractivity contribution in [2.45, 2.75) is 39.2 Å². The average molecular weight is 277 g/mol. The van der Waals surface area contributed by atoms with E-state index in [1.807, 2.05) is 0 Å². The summed E-state index contributed by atoms with van der Waals surface area (Å²) in [5, 5.41) is 0. The fourth-order valence-electron chi connectivity index (χ4n) is 2.58. The van der Waals surface area contributed by atoms with E-state index in [0.29, 0.717) is 25.7 Å². The predicted molar refractivity (Wildman–Crippen MR) is 75.0 cm³/mol. The Labute approximate surface area is 111 Å². The Bertz CT molecular complexity index is 332. The SMILES string of the molecule is CCC(CCN)N1CCCN(S(=O)(=O)CC)CC1. The number of rotatable bonds is 6. The van der Waals surface area contributed by atoms with Gasteiger partial charge in [0.1, 0.15) is 0 Å². The lowest BCUT2D eigenvalue weighted by molar-refractivity contribution is 0.192. The van der Waals surface area contributed by atoms with Crippen molar-refractivity contribution < 1.29 is 8.42 Å². The molecular formula is C12H27N3O2S. The Morgan fingerprint density at radius 1 is 1.17 bits per heavy atom. The van der Waals surface area contributed by atoms with Gasteiger partial charge in [-0.2, -0.15) is 0 Å². The zero-order valence-corrected chi connectivity index (χ0v) is 12.5. The van der Waals surface area contributed by atoms with E-state index < -0.39 is 10.0 Å². The van der Waals surface area contributed by atoms with E-state index in [-0.39, 0.29) is 5.75 Å². The molecule has 0 aromatic heterocycles. The lowest BCUT2D eigenvalue weighted by Gasteiger charge is -2.29. The van der Waals surface area contributed by atoms with Crippen molar-refractivity contribution in [1.82, 2.24) is 9.21 Å². The predicted octanol–water partition coefficient (Wildman–Crippen LogP) is 0.471. The van der Waals surface area contributed by atoms with Crippen molar-refractivity contribution in [1.29, 1.82) is 0 Å². The highest BCUT2D eigenvalue weighted by atomic mass is 32.2. The van der Waals surface area contributed by atoms with E-state index in [4.69, 9.17) is 5.73 Å². The fraction of sp³-hybridized carbons (Fsp3) is 1.00. The van der Waals surface area contributed by atoms with E-state index in [9.17, 15) is 8.42 Å². The van der Waals surface area contributed by atoms with Gasteiger partial charge in [-0.3, -0.25) is 4.90 Å². The van der Waals surface area contributed by atoms with Gasteiger partial charge in [0.25, 0.3) is 0 Å². The van der Waals surface area contributed by atoms with Gasteiger partial charge in [-0.15, -0.1) is 0 Å². The van der Waals surface area contributed by atoms with Gasteiger partial charge in [0.15, 0.2) is 0 Å². The summed E-state index contributed by atoms with van der Waals surface area (Å²) in [6, 6.07) is 0.499. The molecule has 0 spiro atoms. The summed E-state index contributed by atoms with van der Waals surface area (Å²) < 4.78 is 25.4. The number of sulfonamides is 1. The number of hydrogen-bond acceptors (Lipinski definition) is 4. The molecule has 0 aromatic rings. The molecule has 1 rings (SSSR count). The maximum Gasteiger partial charge on any atom is 0.213 e. The zero-order chi connectivity index (χ0) is 13.6. The largest absolute Gasteiger partial charge is 0.330 e. The lowest BCUT2D eigenvalue weighted by atomic mass is 10.1. The van der Waals surface area contributed by atoms with Crippen LogP contribution in [0.2, 0.25) is 0 Å². The van der Waals surface area contributed by atoms with Crippen LogP contribution in [0.25, 0.3) is 0 Å². The van der Waals surface area contributed by atoms with Crippen LogP contribution in [0.15, 0.2) is 0 Å². The average Bonchev–Trinajstić information content (AvgIpc) is 2.62. The van der Waals surface area contributed by atoms with Gasteiger partial charge in [-0.05, 0) is 39.3 Å². The second kappa shape index (κ2) is 7.43. The Hall–Kier alpha value is -0.170. The third-order valence-corrected chi connectivity index (χ3v) is 5.62. The minimum Gasteiger partial charge on any atom is -0.330 e. The van der Waals surface area contributed by atoms with Crippen LogP contribution >= 0.6 is 0 Å². The lowest BCUT2D eigenvalue weighted by Crippen LogP contribution is -2.40. The smallest absolute Gasteiger partial charge is 0.213 e. The zero-order valence-electron chi connectivity index (χ0n) is 11.6. The summed E-state index contributed by atoms with van der Waals surface area (Å²) in [5.41, 5.74) is 5.64. The molecule has 6 heteroatoms. The monoisotopic (exact) mass is 277 g/mol. The fourth-order valence-corrected chi connectivity index (χ4v) is 3.71. The van der Waals surface area contributed by atoms with Gasteiger partial charge < -0.3 is 5.73 Å². The first kappa shape index (κ1) is 15.9. The van der Waals surface area contributed by atoms with Crippen molar-refractivity contribution in [3.8, 4) is 0 Å². The van der Waals surface area contributed by atoms with Crippen LogP contribution in [0.3, 0.4) is 0 Å². The molecular weight excluding hydrogens is 250 g/mol. The molecule has 0 aromatic carbocycles. The maximum absolute atomic E-state index is 11.9. The molecule has 1 unspecified atom stereocenters. The summed E-state index contributed by atoms with van der Waals surface area (Å²) in [5.74, 6) is 0.201. The van der Waals surface area contributed by atoms with Crippen molar-refractivity contribution in [3.05, 3.63) is 0 Å². The maximum atomic E-state index is 11.9. The first-order valence-corrected chi connectivity index (χ1v) is 8.58. The molecule has 0 radical (unpaired) electrons. The molecule has 2 N–H and O–H groups in total. The number of nitrogens with zero attached hydrogens (tertiary/aromatic N) is 2. The van der Waals surface area contributed by atoms with Gasteiger partial charge in [0, 0.05) is 25.7 Å². The minimum atomic E-state index is -3.03. The molecule has 108 valence electrons. The van der Waals surface area contributed by atoms with Crippen molar-refractivity contribution in [2.75, 3.05) is 38.5 Å². The van der Waals surface area contributed by atoms with Crippen LogP contribution in [-0.2, 0) is 10.0 Å². The van der Waals surface area contributed by atoms with Gasteiger partial charge in [-0.25, -0.2) is 12.7 Å². The van der Waals surface area contributed by atoms with Gasteiger partial charge in [-0.1, -0.05) is 6.92 Å². The molecule has 0 amide bonds. The molecule has 1 heterocycles. The van der Waals surface area contributed by atoms with E-state index >= 15 is 0 Å². The second-order valence-electron chi connectivity index (χ2n) is 4.83. The quantitative estimate of drug-likeness (QED) is 0.766. The topological polar surface area (TPSA) is 66.6 Å².